The Balaban J connectivity index is 2.88. The van der Waals surface area contributed by atoms with Crippen LogP contribution in [0.15, 0.2) is 29.1 Å². The average Bonchev–Trinajstić information content (AvgIpc) is 2.19. The largest absolute Gasteiger partial charge is 0.496 e. The number of hydrogen-bond donors (Lipinski definition) is 1. The molecule has 0 saturated carbocycles. The van der Waals surface area contributed by atoms with Crippen LogP contribution in [-0.2, 0) is 0 Å². The summed E-state index contributed by atoms with van der Waals surface area (Å²) in [6.45, 7) is 0. The van der Waals surface area contributed by atoms with Gasteiger partial charge in [0.15, 0.2) is 5.82 Å². The molecule has 0 aliphatic heterocycles. The minimum absolute atomic E-state index is 0.539. The number of halogens is 1. The highest BCUT2D eigenvalue weighted by molar-refractivity contribution is 5.84. The number of rotatable bonds is 1. The van der Waals surface area contributed by atoms with Gasteiger partial charge in [0.25, 0.3) is 5.56 Å². The number of methoxy groups -OCH3 is 1. The third-order valence-corrected chi connectivity index (χ3v) is 2.02. The van der Waals surface area contributed by atoms with Crippen molar-refractivity contribution in [3.63, 3.8) is 0 Å². The molecule has 0 aliphatic rings. The monoisotopic (exact) mass is 193 g/mol. The average molecular weight is 193 g/mol. The Labute approximate surface area is 79.1 Å². The second-order valence-corrected chi connectivity index (χ2v) is 2.87. The van der Waals surface area contributed by atoms with E-state index in [2.05, 4.69) is 4.98 Å². The summed E-state index contributed by atoms with van der Waals surface area (Å²) < 4.78 is 18.0. The van der Waals surface area contributed by atoms with Crippen molar-refractivity contribution in [3.05, 3.63) is 40.4 Å². The van der Waals surface area contributed by atoms with Crippen LogP contribution in [0.1, 0.15) is 0 Å². The molecule has 1 aromatic heterocycles. The van der Waals surface area contributed by atoms with Crippen molar-refractivity contribution in [2.24, 2.45) is 0 Å². The lowest BCUT2D eigenvalue weighted by molar-refractivity contribution is 0.419. The number of aromatic nitrogens is 1. The molecule has 3 nitrogen and oxygen atoms in total. The highest BCUT2D eigenvalue weighted by Crippen LogP contribution is 2.22. The van der Waals surface area contributed by atoms with Crippen LogP contribution in [0.5, 0.6) is 5.75 Å². The van der Waals surface area contributed by atoms with Crippen LogP contribution < -0.4 is 10.3 Å². The second-order valence-electron chi connectivity index (χ2n) is 2.87. The van der Waals surface area contributed by atoms with Crippen LogP contribution >= 0.6 is 0 Å². The van der Waals surface area contributed by atoms with Gasteiger partial charge in [-0.25, -0.2) is 4.39 Å². The number of benzene rings is 1. The molecule has 72 valence electrons. The number of aromatic amines is 1. The number of ether oxygens (including phenoxy) is 1. The lowest BCUT2D eigenvalue weighted by atomic mass is 10.2. The fraction of sp³-hybridized carbons (Fsp3) is 0.100. The van der Waals surface area contributed by atoms with Crippen LogP contribution in [0.3, 0.4) is 0 Å². The molecule has 4 heteroatoms. The van der Waals surface area contributed by atoms with Crippen molar-refractivity contribution >= 4 is 10.9 Å². The summed E-state index contributed by atoms with van der Waals surface area (Å²) in [6, 6.07) is 6.31. The molecule has 2 rings (SSSR count). The molecular weight excluding hydrogens is 185 g/mol. The molecule has 0 atom stereocenters. The molecule has 0 bridgehead atoms. The van der Waals surface area contributed by atoms with Crippen LogP contribution in [0.2, 0.25) is 0 Å². The lowest BCUT2D eigenvalue weighted by Gasteiger charge is -2.04. The van der Waals surface area contributed by atoms with Crippen LogP contribution in [0.25, 0.3) is 10.9 Å². The molecule has 1 N–H and O–H groups in total. The molecule has 1 heterocycles. The fourth-order valence-corrected chi connectivity index (χ4v) is 1.35. The molecular formula is C10H8FNO2. The third kappa shape index (κ3) is 1.25. The van der Waals surface area contributed by atoms with E-state index in [-0.39, 0.29) is 0 Å². The minimum Gasteiger partial charge on any atom is -0.496 e. The molecule has 0 radical (unpaired) electrons. The van der Waals surface area contributed by atoms with Gasteiger partial charge in [0.1, 0.15) is 5.75 Å². The van der Waals surface area contributed by atoms with Crippen LogP contribution in [0.4, 0.5) is 4.39 Å². The summed E-state index contributed by atoms with van der Waals surface area (Å²) in [5.74, 6) is -0.264. The van der Waals surface area contributed by atoms with Gasteiger partial charge in [-0.2, -0.15) is 0 Å². The van der Waals surface area contributed by atoms with Gasteiger partial charge in [0.2, 0.25) is 0 Å². The first-order valence-electron chi connectivity index (χ1n) is 4.08. The van der Waals surface area contributed by atoms with Gasteiger partial charge in [-0.1, -0.05) is 6.07 Å². The van der Waals surface area contributed by atoms with Gasteiger partial charge >= 0.3 is 0 Å². The van der Waals surface area contributed by atoms with E-state index in [1.54, 1.807) is 18.2 Å². The maximum absolute atomic E-state index is 13.0. The molecule has 14 heavy (non-hydrogen) atoms. The summed E-state index contributed by atoms with van der Waals surface area (Å²) in [4.78, 5) is 13.4. The van der Waals surface area contributed by atoms with E-state index in [1.807, 2.05) is 0 Å². The number of fused-ring (bicyclic) bond motifs is 1. The Morgan fingerprint density at radius 1 is 1.43 bits per heavy atom. The normalized spacial score (nSPS) is 10.4. The van der Waals surface area contributed by atoms with Gasteiger partial charge in [0.05, 0.1) is 12.6 Å². The molecule has 0 amide bonds. The predicted octanol–water partition coefficient (Wildman–Crippen LogP) is 1.68. The van der Waals surface area contributed by atoms with Crippen molar-refractivity contribution in [2.45, 2.75) is 0 Å². The SMILES string of the molecule is COc1cccc2[nH]c(=O)c(F)cc12. The van der Waals surface area contributed by atoms with E-state index in [9.17, 15) is 9.18 Å². The topological polar surface area (TPSA) is 42.1 Å². The Morgan fingerprint density at radius 3 is 2.93 bits per heavy atom. The van der Waals surface area contributed by atoms with Gasteiger partial charge in [0, 0.05) is 5.39 Å². The van der Waals surface area contributed by atoms with E-state index >= 15 is 0 Å². The molecule has 1 aromatic carbocycles. The first kappa shape index (κ1) is 8.74. The Hall–Kier alpha value is -1.84. The van der Waals surface area contributed by atoms with Crippen molar-refractivity contribution in [2.75, 3.05) is 7.11 Å². The van der Waals surface area contributed by atoms with Crippen molar-refractivity contribution in [1.82, 2.24) is 4.98 Å². The quantitative estimate of drug-likeness (QED) is 0.748. The number of nitrogens with one attached hydrogen (secondary N) is 1. The fourth-order valence-electron chi connectivity index (χ4n) is 1.35. The van der Waals surface area contributed by atoms with E-state index < -0.39 is 11.4 Å². The van der Waals surface area contributed by atoms with Gasteiger partial charge in [-0.15, -0.1) is 0 Å². The summed E-state index contributed by atoms with van der Waals surface area (Å²) >= 11 is 0. The molecule has 0 fully saturated rings. The zero-order valence-corrected chi connectivity index (χ0v) is 7.50. The molecule has 0 spiro atoms. The highest BCUT2D eigenvalue weighted by Gasteiger charge is 2.05. The maximum Gasteiger partial charge on any atom is 0.284 e. The summed E-state index contributed by atoms with van der Waals surface area (Å²) in [5.41, 5.74) is -0.151. The van der Waals surface area contributed by atoms with E-state index in [0.29, 0.717) is 16.7 Å². The Kier molecular flexibility index (Phi) is 1.96. The lowest BCUT2D eigenvalue weighted by Crippen LogP contribution is -2.09. The second kappa shape index (κ2) is 3.14. The van der Waals surface area contributed by atoms with E-state index in [4.69, 9.17) is 4.74 Å². The zero-order chi connectivity index (χ0) is 10.1. The van der Waals surface area contributed by atoms with Crippen molar-refractivity contribution in [3.8, 4) is 5.75 Å². The molecule has 0 saturated heterocycles. The molecule has 2 aromatic rings. The van der Waals surface area contributed by atoms with Crippen LogP contribution in [0, 0.1) is 5.82 Å². The van der Waals surface area contributed by atoms with Crippen LogP contribution in [-0.4, -0.2) is 12.1 Å². The molecule has 0 aliphatic carbocycles. The first-order chi connectivity index (χ1) is 6.72. The predicted molar refractivity (Wildman–Crippen MR) is 51.1 cm³/mol. The first-order valence-corrected chi connectivity index (χ1v) is 4.08. The van der Waals surface area contributed by atoms with Gasteiger partial charge < -0.3 is 9.72 Å². The zero-order valence-electron chi connectivity index (χ0n) is 7.50. The standard InChI is InChI=1S/C10H8FNO2/c1-14-9-4-2-3-8-6(9)5-7(11)10(13)12-8/h2-5H,1H3,(H,12,13). The Morgan fingerprint density at radius 2 is 2.21 bits per heavy atom. The molecule has 0 unspecified atom stereocenters. The summed E-state index contributed by atoms with van der Waals surface area (Å²) in [6.07, 6.45) is 0. The smallest absolute Gasteiger partial charge is 0.284 e. The summed E-state index contributed by atoms with van der Waals surface area (Å²) in [5, 5.41) is 0.562. The number of pyridine rings is 1. The van der Waals surface area contributed by atoms with E-state index in [0.717, 1.165) is 0 Å². The highest BCUT2D eigenvalue weighted by atomic mass is 19.1. The maximum atomic E-state index is 13.0. The van der Waals surface area contributed by atoms with E-state index in [1.165, 1.54) is 13.2 Å². The van der Waals surface area contributed by atoms with Crippen molar-refractivity contribution < 1.29 is 9.13 Å². The van der Waals surface area contributed by atoms with Crippen molar-refractivity contribution in [1.29, 1.82) is 0 Å². The summed E-state index contributed by atoms with van der Waals surface area (Å²) in [7, 11) is 1.50. The van der Waals surface area contributed by atoms with Gasteiger partial charge in [-0.3, -0.25) is 4.79 Å². The minimum atomic E-state index is -0.804. The number of H-pyrrole nitrogens is 1. The van der Waals surface area contributed by atoms with Gasteiger partial charge in [-0.05, 0) is 18.2 Å². The Bertz CT molecular complexity index is 533. The third-order valence-electron chi connectivity index (χ3n) is 2.02. The number of hydrogen-bond acceptors (Lipinski definition) is 2.